The highest BCUT2D eigenvalue weighted by Gasteiger charge is 2.31. The van der Waals surface area contributed by atoms with Gasteiger partial charge in [-0.1, -0.05) is 42.1 Å². The number of thioether (sulfide) groups is 1. The van der Waals surface area contributed by atoms with Crippen molar-refractivity contribution in [1.29, 1.82) is 5.26 Å². The molecule has 0 spiro atoms. The molecule has 2 aromatic rings. The topological polar surface area (TPSA) is 66.5 Å². The van der Waals surface area contributed by atoms with Gasteiger partial charge in [-0.25, -0.2) is 0 Å². The maximum Gasteiger partial charge on any atom is 0.191 e. The van der Waals surface area contributed by atoms with Gasteiger partial charge in [-0.3, -0.25) is 5.32 Å². The monoisotopic (exact) mass is 287 g/mol. The second-order valence-corrected chi connectivity index (χ2v) is 5.45. The van der Waals surface area contributed by atoms with Crippen molar-refractivity contribution in [3.8, 4) is 6.07 Å². The van der Waals surface area contributed by atoms with Gasteiger partial charge in [-0.15, -0.1) is 10.2 Å². The van der Waals surface area contributed by atoms with Gasteiger partial charge in [0.15, 0.2) is 5.16 Å². The number of nitrogens with zero attached hydrogens (tertiary/aromatic N) is 4. The van der Waals surface area contributed by atoms with E-state index >= 15 is 0 Å². The minimum atomic E-state index is -0.730. The Hall–Kier alpha value is -1.84. The molecule has 20 heavy (non-hydrogen) atoms. The van der Waals surface area contributed by atoms with Crippen LogP contribution in [0, 0.1) is 18.3 Å². The Balaban J connectivity index is 2.23. The van der Waals surface area contributed by atoms with Crippen molar-refractivity contribution >= 4 is 11.8 Å². The lowest BCUT2D eigenvalue weighted by Crippen LogP contribution is -2.41. The van der Waals surface area contributed by atoms with Crippen LogP contribution in [-0.4, -0.2) is 27.6 Å². The quantitative estimate of drug-likeness (QED) is 0.850. The van der Waals surface area contributed by atoms with Crippen LogP contribution in [0.3, 0.4) is 0 Å². The summed E-state index contributed by atoms with van der Waals surface area (Å²) < 4.78 is 1.92. The highest BCUT2D eigenvalue weighted by atomic mass is 32.2. The maximum absolute atomic E-state index is 9.61. The molecule has 0 saturated carbocycles. The number of aromatic nitrogens is 3. The molecule has 0 amide bonds. The zero-order valence-electron chi connectivity index (χ0n) is 11.8. The zero-order chi connectivity index (χ0) is 14.6. The van der Waals surface area contributed by atoms with Gasteiger partial charge in [0.05, 0.1) is 6.07 Å². The number of aryl methyl sites for hydroxylation is 1. The van der Waals surface area contributed by atoms with E-state index in [1.165, 1.54) is 11.8 Å². The van der Waals surface area contributed by atoms with E-state index in [2.05, 4.69) is 21.6 Å². The van der Waals surface area contributed by atoms with E-state index in [0.717, 1.165) is 16.5 Å². The molecule has 0 aliphatic carbocycles. The molecular weight excluding hydrogens is 270 g/mol. The van der Waals surface area contributed by atoms with Crippen LogP contribution in [0.4, 0.5) is 0 Å². The second kappa shape index (κ2) is 6.07. The number of nitriles is 1. The van der Waals surface area contributed by atoms with Crippen LogP contribution >= 0.6 is 11.8 Å². The van der Waals surface area contributed by atoms with Crippen LogP contribution < -0.4 is 5.32 Å². The van der Waals surface area contributed by atoms with Crippen molar-refractivity contribution in [3.63, 3.8) is 0 Å². The van der Waals surface area contributed by atoms with Crippen LogP contribution in [0.1, 0.15) is 11.4 Å². The van der Waals surface area contributed by atoms with Gasteiger partial charge in [0.25, 0.3) is 0 Å². The van der Waals surface area contributed by atoms with Crippen LogP contribution in [0.5, 0.6) is 0 Å². The fourth-order valence-electron chi connectivity index (χ4n) is 1.86. The van der Waals surface area contributed by atoms with Gasteiger partial charge in [0, 0.05) is 12.8 Å². The molecule has 0 fully saturated rings. The van der Waals surface area contributed by atoms with E-state index in [1.807, 2.05) is 48.9 Å². The summed E-state index contributed by atoms with van der Waals surface area (Å²) in [7, 11) is 3.73. The molecule has 1 unspecified atom stereocenters. The number of benzene rings is 1. The van der Waals surface area contributed by atoms with Crippen molar-refractivity contribution in [3.05, 3.63) is 41.7 Å². The Morgan fingerprint density at radius 1 is 1.35 bits per heavy atom. The summed E-state index contributed by atoms with van der Waals surface area (Å²) in [6.07, 6.45) is 0. The third-order valence-electron chi connectivity index (χ3n) is 3.35. The summed E-state index contributed by atoms with van der Waals surface area (Å²) in [5.41, 5.74) is 0.225. The van der Waals surface area contributed by atoms with Gasteiger partial charge in [0.1, 0.15) is 11.4 Å². The maximum atomic E-state index is 9.61. The van der Waals surface area contributed by atoms with Crippen LogP contribution in [0.2, 0.25) is 0 Å². The summed E-state index contributed by atoms with van der Waals surface area (Å²) in [4.78, 5) is 0. The molecule has 2 rings (SSSR count). The normalized spacial score (nSPS) is 13.7. The van der Waals surface area contributed by atoms with E-state index in [-0.39, 0.29) is 0 Å². The smallest absolute Gasteiger partial charge is 0.191 e. The molecule has 0 saturated heterocycles. The average molecular weight is 287 g/mol. The first-order valence-corrected chi connectivity index (χ1v) is 7.26. The minimum Gasteiger partial charge on any atom is -0.309 e. The van der Waals surface area contributed by atoms with E-state index in [4.69, 9.17) is 0 Å². The van der Waals surface area contributed by atoms with Gasteiger partial charge in [-0.2, -0.15) is 5.26 Å². The molecule has 6 heteroatoms. The molecule has 0 aliphatic heterocycles. The zero-order valence-corrected chi connectivity index (χ0v) is 12.6. The minimum absolute atomic E-state index is 0.565. The Morgan fingerprint density at radius 2 is 2.05 bits per heavy atom. The molecular formula is C14H17N5S. The Morgan fingerprint density at radius 3 is 2.55 bits per heavy atom. The summed E-state index contributed by atoms with van der Waals surface area (Å²) >= 11 is 1.52. The highest BCUT2D eigenvalue weighted by Crippen LogP contribution is 2.28. The largest absolute Gasteiger partial charge is 0.309 e. The van der Waals surface area contributed by atoms with E-state index < -0.39 is 5.54 Å². The fraction of sp³-hybridized carbons (Fsp3) is 0.357. The molecule has 0 radical (unpaired) electrons. The molecule has 104 valence electrons. The summed E-state index contributed by atoms with van der Waals surface area (Å²) in [6, 6.07) is 12.1. The SMILES string of the molecule is CNC(C#N)(CSc1nnc(C)n1C)c1ccccc1. The first-order valence-electron chi connectivity index (χ1n) is 6.27. The number of hydrogen-bond acceptors (Lipinski definition) is 5. The lowest BCUT2D eigenvalue weighted by atomic mass is 9.94. The predicted octanol–water partition coefficient (Wildman–Crippen LogP) is 1.85. The molecule has 1 atom stereocenters. The second-order valence-electron chi connectivity index (χ2n) is 4.51. The molecule has 1 N–H and O–H groups in total. The van der Waals surface area contributed by atoms with Crippen molar-refractivity contribution in [2.45, 2.75) is 17.6 Å². The van der Waals surface area contributed by atoms with Crippen LogP contribution in [0.15, 0.2) is 35.5 Å². The number of hydrogen-bond donors (Lipinski definition) is 1. The lowest BCUT2D eigenvalue weighted by molar-refractivity contribution is 0.527. The van der Waals surface area contributed by atoms with Crippen molar-refractivity contribution in [2.75, 3.05) is 12.8 Å². The first-order chi connectivity index (χ1) is 9.63. The third kappa shape index (κ3) is 2.69. The van der Waals surface area contributed by atoms with E-state index in [1.54, 1.807) is 7.05 Å². The molecule has 5 nitrogen and oxygen atoms in total. The standard InChI is InChI=1S/C14H17N5S/c1-11-17-18-13(19(11)3)20-10-14(9-15,16-2)12-7-5-4-6-8-12/h4-8,16H,10H2,1-3H3. The summed E-state index contributed by atoms with van der Waals surface area (Å²) in [5.74, 6) is 1.43. The number of nitrogens with one attached hydrogen (secondary N) is 1. The Labute approximate surface area is 123 Å². The van der Waals surface area contributed by atoms with Gasteiger partial charge < -0.3 is 4.57 Å². The summed E-state index contributed by atoms with van der Waals surface area (Å²) in [5, 5.41) is 21.7. The third-order valence-corrected chi connectivity index (χ3v) is 4.55. The first kappa shape index (κ1) is 14.6. The molecule has 0 aliphatic rings. The Kier molecular flexibility index (Phi) is 4.42. The van der Waals surface area contributed by atoms with Crippen LogP contribution in [-0.2, 0) is 12.6 Å². The Bertz CT molecular complexity index is 616. The molecule has 1 aromatic heterocycles. The molecule has 0 bridgehead atoms. The predicted molar refractivity (Wildman–Crippen MR) is 79.3 cm³/mol. The van der Waals surface area contributed by atoms with Gasteiger partial charge >= 0.3 is 0 Å². The molecule has 1 aromatic carbocycles. The van der Waals surface area contributed by atoms with Crippen LogP contribution in [0.25, 0.3) is 0 Å². The average Bonchev–Trinajstić information content (AvgIpc) is 2.82. The van der Waals surface area contributed by atoms with Crippen molar-refractivity contribution < 1.29 is 0 Å². The number of rotatable bonds is 5. The van der Waals surface area contributed by atoms with Crippen molar-refractivity contribution in [1.82, 2.24) is 20.1 Å². The van der Waals surface area contributed by atoms with Gasteiger partial charge in [-0.05, 0) is 19.5 Å². The van der Waals surface area contributed by atoms with E-state index in [0.29, 0.717) is 5.75 Å². The highest BCUT2D eigenvalue weighted by molar-refractivity contribution is 7.99. The van der Waals surface area contributed by atoms with Gasteiger partial charge in [0.2, 0.25) is 0 Å². The summed E-state index contributed by atoms with van der Waals surface area (Å²) in [6.45, 7) is 1.91. The lowest BCUT2D eigenvalue weighted by Gasteiger charge is -2.26. The molecule has 1 heterocycles. The van der Waals surface area contributed by atoms with Crippen molar-refractivity contribution in [2.24, 2.45) is 7.05 Å². The van der Waals surface area contributed by atoms with E-state index in [9.17, 15) is 5.26 Å². The fourth-order valence-corrected chi connectivity index (χ4v) is 3.01.